The second-order valence-corrected chi connectivity index (χ2v) is 9.99. The molecule has 1 amide bonds. The lowest BCUT2D eigenvalue weighted by Crippen LogP contribution is -2.54. The average Bonchev–Trinajstić information content (AvgIpc) is 2.77. The van der Waals surface area contributed by atoms with Gasteiger partial charge in [-0.3, -0.25) is 4.79 Å². The van der Waals surface area contributed by atoms with Gasteiger partial charge in [-0.15, -0.1) is 0 Å². The molecule has 1 heterocycles. The minimum atomic E-state index is -0.0246. The van der Waals surface area contributed by atoms with Crippen molar-refractivity contribution in [3.8, 4) is 11.5 Å². The van der Waals surface area contributed by atoms with Crippen LogP contribution in [-0.4, -0.2) is 30.6 Å². The lowest BCUT2D eigenvalue weighted by Gasteiger charge is -2.57. The number of carbonyl (C=O) groups is 1. The van der Waals surface area contributed by atoms with Gasteiger partial charge in [0.05, 0.1) is 26.1 Å². The van der Waals surface area contributed by atoms with Crippen LogP contribution in [0.1, 0.15) is 50.5 Å². The van der Waals surface area contributed by atoms with Gasteiger partial charge in [-0.25, -0.2) is 4.98 Å². The molecule has 0 atom stereocenters. The van der Waals surface area contributed by atoms with E-state index in [0.29, 0.717) is 24.3 Å². The van der Waals surface area contributed by atoms with E-state index in [-0.39, 0.29) is 11.4 Å². The molecule has 4 aliphatic carbocycles. The first-order valence-corrected chi connectivity index (χ1v) is 11.8. The van der Waals surface area contributed by atoms with Gasteiger partial charge >= 0.3 is 0 Å². The van der Waals surface area contributed by atoms with E-state index < -0.39 is 0 Å². The zero-order valence-corrected chi connectivity index (χ0v) is 19.0. The number of benzene rings is 1. The number of anilines is 2. The van der Waals surface area contributed by atoms with Crippen LogP contribution in [0, 0.1) is 17.8 Å². The fourth-order valence-corrected chi connectivity index (χ4v) is 6.59. The highest BCUT2D eigenvalue weighted by Crippen LogP contribution is 2.56. The van der Waals surface area contributed by atoms with Crippen LogP contribution in [0.3, 0.4) is 0 Å². The van der Waals surface area contributed by atoms with E-state index >= 15 is 0 Å². The van der Waals surface area contributed by atoms with Crippen LogP contribution >= 0.6 is 0 Å². The van der Waals surface area contributed by atoms with Gasteiger partial charge in [0, 0.05) is 12.0 Å². The normalized spacial score (nSPS) is 27.8. The van der Waals surface area contributed by atoms with Crippen molar-refractivity contribution in [2.24, 2.45) is 17.8 Å². The number of pyridine rings is 1. The molecule has 1 aromatic carbocycles. The van der Waals surface area contributed by atoms with Crippen molar-refractivity contribution in [3.63, 3.8) is 0 Å². The quantitative estimate of drug-likeness (QED) is 0.607. The summed E-state index contributed by atoms with van der Waals surface area (Å²) < 4.78 is 10.6. The van der Waals surface area contributed by atoms with Gasteiger partial charge in [-0.1, -0.05) is 6.07 Å². The Morgan fingerprint density at radius 1 is 1.00 bits per heavy atom. The maximum atomic E-state index is 12.4. The molecule has 32 heavy (non-hydrogen) atoms. The van der Waals surface area contributed by atoms with E-state index in [0.717, 1.165) is 34.8 Å². The number of aryl methyl sites for hydroxylation is 1. The van der Waals surface area contributed by atoms with Gasteiger partial charge in [0.2, 0.25) is 5.91 Å². The molecule has 6 nitrogen and oxygen atoms in total. The number of hydrogen-bond donors (Lipinski definition) is 2. The van der Waals surface area contributed by atoms with Gasteiger partial charge in [0.15, 0.2) is 11.5 Å². The van der Waals surface area contributed by atoms with Gasteiger partial charge < -0.3 is 20.1 Å². The molecule has 1 aromatic heterocycles. The van der Waals surface area contributed by atoms with Crippen molar-refractivity contribution in [3.05, 3.63) is 42.1 Å². The Hall–Kier alpha value is -2.76. The minimum absolute atomic E-state index is 0.0246. The Balaban J connectivity index is 1.14. The summed E-state index contributed by atoms with van der Waals surface area (Å²) >= 11 is 0. The average molecular weight is 436 g/mol. The summed E-state index contributed by atoms with van der Waals surface area (Å²) in [4.78, 5) is 17.0. The third kappa shape index (κ3) is 4.41. The number of nitrogens with one attached hydrogen (secondary N) is 2. The summed E-state index contributed by atoms with van der Waals surface area (Å²) in [5.41, 5.74) is 2.01. The second-order valence-electron chi connectivity index (χ2n) is 9.99. The molecule has 6 rings (SSSR count). The first-order valence-electron chi connectivity index (χ1n) is 11.8. The van der Waals surface area contributed by atoms with Crippen molar-refractivity contribution >= 4 is 17.4 Å². The van der Waals surface area contributed by atoms with E-state index in [4.69, 9.17) is 9.47 Å². The summed E-state index contributed by atoms with van der Waals surface area (Å²) in [5, 5.41) is 6.75. The van der Waals surface area contributed by atoms with Crippen LogP contribution < -0.4 is 20.1 Å². The van der Waals surface area contributed by atoms with Crippen molar-refractivity contribution in [2.45, 2.75) is 56.9 Å². The zero-order valence-electron chi connectivity index (χ0n) is 19.0. The predicted molar refractivity (Wildman–Crippen MR) is 125 cm³/mol. The Kier molecular flexibility index (Phi) is 5.70. The number of carbonyl (C=O) groups excluding carboxylic acids is 1. The zero-order chi connectivity index (χ0) is 22.1. The number of methoxy groups -OCH3 is 2. The number of hydrogen-bond acceptors (Lipinski definition) is 5. The highest BCUT2D eigenvalue weighted by Gasteiger charge is 2.51. The number of amides is 1. The molecule has 2 aromatic rings. The lowest BCUT2D eigenvalue weighted by molar-refractivity contribution is -0.116. The summed E-state index contributed by atoms with van der Waals surface area (Å²) in [6.07, 6.45) is 10.9. The van der Waals surface area contributed by atoms with Crippen molar-refractivity contribution in [1.29, 1.82) is 0 Å². The molecule has 4 saturated carbocycles. The van der Waals surface area contributed by atoms with E-state index in [1.807, 2.05) is 30.3 Å². The summed E-state index contributed by atoms with van der Waals surface area (Å²) in [6.45, 7) is 0. The Labute approximate surface area is 190 Å². The van der Waals surface area contributed by atoms with Gasteiger partial charge in [-0.05, 0) is 92.5 Å². The molecule has 170 valence electrons. The predicted octanol–water partition coefficient (Wildman–Crippen LogP) is 5.05. The topological polar surface area (TPSA) is 72.5 Å². The molecule has 2 N–H and O–H groups in total. The highest BCUT2D eigenvalue weighted by molar-refractivity contribution is 5.90. The first kappa shape index (κ1) is 21.1. The number of aromatic nitrogens is 1. The molecule has 0 aliphatic heterocycles. The van der Waals surface area contributed by atoms with Crippen molar-refractivity contribution in [1.82, 2.24) is 4.98 Å². The molecule has 0 radical (unpaired) electrons. The summed E-state index contributed by atoms with van der Waals surface area (Å²) in [7, 11) is 3.23. The first-order chi connectivity index (χ1) is 15.5. The van der Waals surface area contributed by atoms with Gasteiger partial charge in [0.1, 0.15) is 5.82 Å². The third-order valence-electron chi connectivity index (χ3n) is 7.57. The molecule has 4 aliphatic rings. The van der Waals surface area contributed by atoms with Crippen LogP contribution in [-0.2, 0) is 11.2 Å². The maximum Gasteiger partial charge on any atom is 0.224 e. The Morgan fingerprint density at radius 3 is 2.28 bits per heavy atom. The standard InChI is InChI=1S/C26H33N3O3/c1-31-22-6-3-17(12-23(22)32-2)4-8-25(30)28-21-5-7-24(27-16-21)29-26-13-18-9-19(14-26)11-20(10-18)15-26/h3,5-7,12,16,18-20H,4,8-11,13-15H2,1-2H3,(H,27,29)(H,28,30). The van der Waals surface area contributed by atoms with Gasteiger partial charge in [-0.2, -0.15) is 0 Å². The molecular weight excluding hydrogens is 402 g/mol. The van der Waals surface area contributed by atoms with Crippen LogP contribution in [0.15, 0.2) is 36.5 Å². The minimum Gasteiger partial charge on any atom is -0.493 e. The van der Waals surface area contributed by atoms with E-state index in [1.54, 1.807) is 20.4 Å². The molecule has 0 unspecified atom stereocenters. The van der Waals surface area contributed by atoms with Gasteiger partial charge in [0.25, 0.3) is 0 Å². The molecule has 6 heteroatoms. The van der Waals surface area contributed by atoms with E-state index in [2.05, 4.69) is 15.6 Å². The maximum absolute atomic E-state index is 12.4. The fourth-order valence-electron chi connectivity index (χ4n) is 6.59. The molecule has 0 saturated heterocycles. The second kappa shape index (κ2) is 8.64. The van der Waals surface area contributed by atoms with Crippen LogP contribution in [0.5, 0.6) is 11.5 Å². The Morgan fingerprint density at radius 2 is 1.69 bits per heavy atom. The van der Waals surface area contributed by atoms with Crippen LogP contribution in [0.25, 0.3) is 0 Å². The summed E-state index contributed by atoms with van der Waals surface area (Å²) in [6, 6.07) is 9.69. The SMILES string of the molecule is COc1ccc(CCC(=O)Nc2ccc(NC34CC5CC(CC(C5)C3)C4)nc2)cc1OC. The van der Waals surface area contributed by atoms with E-state index in [9.17, 15) is 4.79 Å². The molecule has 4 bridgehead atoms. The van der Waals surface area contributed by atoms with Crippen LogP contribution in [0.4, 0.5) is 11.5 Å². The fraction of sp³-hybridized carbons (Fsp3) is 0.538. The largest absolute Gasteiger partial charge is 0.493 e. The number of nitrogens with zero attached hydrogens (tertiary/aromatic N) is 1. The molecule has 4 fully saturated rings. The van der Waals surface area contributed by atoms with Crippen molar-refractivity contribution < 1.29 is 14.3 Å². The third-order valence-corrected chi connectivity index (χ3v) is 7.57. The molecular formula is C26H33N3O3. The Bertz CT molecular complexity index is 937. The lowest BCUT2D eigenvalue weighted by atomic mass is 9.53. The smallest absolute Gasteiger partial charge is 0.224 e. The van der Waals surface area contributed by atoms with Crippen LogP contribution in [0.2, 0.25) is 0 Å². The summed E-state index contributed by atoms with van der Waals surface area (Å²) in [5.74, 6) is 4.97. The molecule has 0 spiro atoms. The van der Waals surface area contributed by atoms with E-state index in [1.165, 1.54) is 38.5 Å². The monoisotopic (exact) mass is 435 g/mol. The van der Waals surface area contributed by atoms with Crippen molar-refractivity contribution in [2.75, 3.05) is 24.9 Å². The number of ether oxygens (including phenoxy) is 2. The highest BCUT2D eigenvalue weighted by atomic mass is 16.5. The number of rotatable bonds is 8.